The van der Waals surface area contributed by atoms with Crippen LogP contribution in [0.4, 0.5) is 0 Å². The van der Waals surface area contributed by atoms with Gasteiger partial charge < -0.3 is 15.0 Å². The maximum atomic E-state index is 12.3. The largest absolute Gasteiger partial charge is 0.481 e. The Hall–Kier alpha value is -2.11. The molecule has 108 valence electrons. The number of hydrogen-bond donors (Lipinski definition) is 1. The van der Waals surface area contributed by atoms with E-state index in [4.69, 9.17) is 4.74 Å². The Morgan fingerprint density at radius 2 is 2.30 bits per heavy atom. The van der Waals surface area contributed by atoms with Gasteiger partial charge in [0.05, 0.1) is 12.7 Å². The Kier molecular flexibility index (Phi) is 4.55. The topological polar surface area (TPSA) is 71.5 Å². The molecule has 1 N–H and O–H groups in total. The van der Waals surface area contributed by atoms with Crippen LogP contribution in [0.25, 0.3) is 0 Å². The monoisotopic (exact) mass is 277 g/mol. The van der Waals surface area contributed by atoms with E-state index in [2.05, 4.69) is 10.3 Å². The van der Waals surface area contributed by atoms with Crippen molar-refractivity contribution in [3.8, 4) is 5.88 Å². The van der Waals surface area contributed by atoms with E-state index in [1.54, 1.807) is 24.1 Å². The number of rotatable bonds is 4. The molecular weight excluding hydrogens is 258 g/mol. The average molecular weight is 277 g/mol. The highest BCUT2D eigenvalue weighted by Gasteiger charge is 2.28. The highest BCUT2D eigenvalue weighted by molar-refractivity contribution is 5.94. The van der Waals surface area contributed by atoms with Crippen molar-refractivity contribution in [3.63, 3.8) is 0 Å². The Labute approximate surface area is 118 Å². The van der Waals surface area contributed by atoms with E-state index in [9.17, 15) is 9.59 Å². The average Bonchev–Trinajstić information content (AvgIpc) is 2.95. The zero-order valence-corrected chi connectivity index (χ0v) is 11.8. The summed E-state index contributed by atoms with van der Waals surface area (Å²) in [5.74, 6) is 0.709. The number of nitrogens with zero attached hydrogens (tertiary/aromatic N) is 2. The molecule has 0 unspecified atom stereocenters. The first-order chi connectivity index (χ1) is 9.63. The van der Waals surface area contributed by atoms with Crippen molar-refractivity contribution in [3.05, 3.63) is 23.9 Å². The van der Waals surface area contributed by atoms with Gasteiger partial charge >= 0.3 is 0 Å². The molecule has 2 rings (SSSR count). The summed E-state index contributed by atoms with van der Waals surface area (Å²) in [6.45, 7) is 1.31. The second-order valence-corrected chi connectivity index (χ2v) is 4.87. The number of methoxy groups -OCH3 is 1. The van der Waals surface area contributed by atoms with Crippen molar-refractivity contribution in [1.82, 2.24) is 15.2 Å². The lowest BCUT2D eigenvalue weighted by atomic mass is 10.0. The molecular formula is C14H19N3O3. The van der Waals surface area contributed by atoms with Gasteiger partial charge in [0.15, 0.2) is 0 Å². The van der Waals surface area contributed by atoms with Gasteiger partial charge in [-0.25, -0.2) is 4.98 Å². The zero-order chi connectivity index (χ0) is 14.5. The van der Waals surface area contributed by atoms with E-state index in [0.29, 0.717) is 31.0 Å². The molecule has 1 aliphatic heterocycles. The fraction of sp³-hybridized carbons (Fsp3) is 0.500. The maximum absolute atomic E-state index is 12.3. The SMILES string of the molecule is CNC(=O)C[C@H]1CCN(C(=O)c2ccc(OC)nc2)C1. The molecule has 2 amide bonds. The molecule has 0 aliphatic carbocycles. The summed E-state index contributed by atoms with van der Waals surface area (Å²) in [5.41, 5.74) is 0.548. The van der Waals surface area contributed by atoms with Crippen LogP contribution in [-0.2, 0) is 4.79 Å². The predicted octanol–water partition coefficient (Wildman–Crippen LogP) is 0.688. The fourth-order valence-electron chi connectivity index (χ4n) is 2.36. The molecule has 1 atom stereocenters. The Bertz CT molecular complexity index is 487. The quantitative estimate of drug-likeness (QED) is 0.879. The minimum Gasteiger partial charge on any atom is -0.481 e. The van der Waals surface area contributed by atoms with Crippen LogP contribution in [0.1, 0.15) is 23.2 Å². The molecule has 1 saturated heterocycles. The van der Waals surface area contributed by atoms with Gasteiger partial charge in [0.25, 0.3) is 5.91 Å². The summed E-state index contributed by atoms with van der Waals surface area (Å²) in [7, 11) is 3.16. The van der Waals surface area contributed by atoms with Gasteiger partial charge in [-0.2, -0.15) is 0 Å². The van der Waals surface area contributed by atoms with E-state index in [1.165, 1.54) is 13.3 Å². The van der Waals surface area contributed by atoms with Crippen LogP contribution >= 0.6 is 0 Å². The van der Waals surface area contributed by atoms with E-state index in [1.807, 2.05) is 0 Å². The van der Waals surface area contributed by atoms with Crippen LogP contribution in [0.15, 0.2) is 18.3 Å². The first-order valence-corrected chi connectivity index (χ1v) is 6.64. The van der Waals surface area contributed by atoms with Crippen LogP contribution in [-0.4, -0.2) is 48.9 Å². The van der Waals surface area contributed by atoms with Crippen LogP contribution in [0.3, 0.4) is 0 Å². The molecule has 0 spiro atoms. The molecule has 0 saturated carbocycles. The van der Waals surface area contributed by atoms with Gasteiger partial charge in [-0.15, -0.1) is 0 Å². The second-order valence-electron chi connectivity index (χ2n) is 4.87. The highest BCUT2D eigenvalue weighted by atomic mass is 16.5. The number of carbonyl (C=O) groups excluding carboxylic acids is 2. The van der Waals surface area contributed by atoms with E-state index >= 15 is 0 Å². The number of aromatic nitrogens is 1. The summed E-state index contributed by atoms with van der Waals surface area (Å²) in [5, 5.41) is 2.61. The van der Waals surface area contributed by atoms with Gasteiger partial charge in [0, 0.05) is 38.8 Å². The van der Waals surface area contributed by atoms with Crippen molar-refractivity contribution < 1.29 is 14.3 Å². The molecule has 1 fully saturated rings. The molecule has 0 aromatic carbocycles. The lowest BCUT2D eigenvalue weighted by Crippen LogP contribution is -2.29. The third-order valence-corrected chi connectivity index (χ3v) is 3.52. The number of carbonyl (C=O) groups is 2. The molecule has 1 aromatic heterocycles. The molecule has 1 aromatic rings. The van der Waals surface area contributed by atoms with Crippen LogP contribution in [0.5, 0.6) is 5.88 Å². The third-order valence-electron chi connectivity index (χ3n) is 3.52. The summed E-state index contributed by atoms with van der Waals surface area (Å²) in [6.07, 6.45) is 2.86. The van der Waals surface area contributed by atoms with Gasteiger partial charge in [-0.3, -0.25) is 9.59 Å². The minimum atomic E-state index is -0.0421. The second kappa shape index (κ2) is 6.36. The molecule has 0 radical (unpaired) electrons. The molecule has 6 heteroatoms. The zero-order valence-electron chi connectivity index (χ0n) is 11.8. The molecule has 20 heavy (non-hydrogen) atoms. The molecule has 6 nitrogen and oxygen atoms in total. The normalized spacial score (nSPS) is 17.9. The number of nitrogens with one attached hydrogen (secondary N) is 1. The van der Waals surface area contributed by atoms with Crippen molar-refractivity contribution in [2.45, 2.75) is 12.8 Å². The van der Waals surface area contributed by atoms with Crippen molar-refractivity contribution in [2.24, 2.45) is 5.92 Å². The molecule has 0 bridgehead atoms. The van der Waals surface area contributed by atoms with Crippen molar-refractivity contribution >= 4 is 11.8 Å². The summed E-state index contributed by atoms with van der Waals surface area (Å²) >= 11 is 0. The van der Waals surface area contributed by atoms with E-state index in [0.717, 1.165) is 6.42 Å². The smallest absolute Gasteiger partial charge is 0.255 e. The first-order valence-electron chi connectivity index (χ1n) is 6.64. The molecule has 1 aliphatic rings. The fourth-order valence-corrected chi connectivity index (χ4v) is 2.36. The third kappa shape index (κ3) is 3.26. The van der Waals surface area contributed by atoms with Gasteiger partial charge in [0.1, 0.15) is 0 Å². The van der Waals surface area contributed by atoms with Crippen LogP contribution in [0.2, 0.25) is 0 Å². The highest BCUT2D eigenvalue weighted by Crippen LogP contribution is 2.21. The van der Waals surface area contributed by atoms with Gasteiger partial charge in [0.2, 0.25) is 11.8 Å². The van der Waals surface area contributed by atoms with E-state index in [-0.39, 0.29) is 17.7 Å². The number of pyridine rings is 1. The Balaban J connectivity index is 1.95. The van der Waals surface area contributed by atoms with Gasteiger partial charge in [-0.1, -0.05) is 0 Å². The maximum Gasteiger partial charge on any atom is 0.255 e. The summed E-state index contributed by atoms with van der Waals surface area (Å²) in [4.78, 5) is 29.4. The number of hydrogen-bond acceptors (Lipinski definition) is 4. The Morgan fingerprint density at radius 1 is 1.50 bits per heavy atom. The number of likely N-dealkylation sites (tertiary alicyclic amines) is 1. The standard InChI is InChI=1S/C14H19N3O3/c1-15-12(18)7-10-5-6-17(9-10)14(19)11-3-4-13(20-2)16-8-11/h3-4,8,10H,5-7,9H2,1-2H3,(H,15,18)/t10-/m1/s1. The van der Waals surface area contributed by atoms with Crippen LogP contribution < -0.4 is 10.1 Å². The van der Waals surface area contributed by atoms with Crippen molar-refractivity contribution in [2.75, 3.05) is 27.2 Å². The van der Waals surface area contributed by atoms with Gasteiger partial charge in [-0.05, 0) is 18.4 Å². The summed E-state index contributed by atoms with van der Waals surface area (Å²) in [6, 6.07) is 3.38. The lowest BCUT2D eigenvalue weighted by Gasteiger charge is -2.16. The minimum absolute atomic E-state index is 0.0235. The Morgan fingerprint density at radius 3 is 2.90 bits per heavy atom. The summed E-state index contributed by atoms with van der Waals surface area (Å²) < 4.78 is 4.97. The number of amides is 2. The van der Waals surface area contributed by atoms with Crippen LogP contribution in [0, 0.1) is 5.92 Å². The lowest BCUT2D eigenvalue weighted by molar-refractivity contribution is -0.121. The first kappa shape index (κ1) is 14.3. The van der Waals surface area contributed by atoms with Crippen molar-refractivity contribution in [1.29, 1.82) is 0 Å². The predicted molar refractivity (Wildman–Crippen MR) is 73.5 cm³/mol. The van der Waals surface area contributed by atoms with E-state index < -0.39 is 0 Å². The molecule has 2 heterocycles. The number of ether oxygens (including phenoxy) is 1.